The molecule has 2 aromatic heterocycles. The quantitative estimate of drug-likeness (QED) is 0.309. The second kappa shape index (κ2) is 9.02. The van der Waals surface area contributed by atoms with Gasteiger partial charge in [0, 0.05) is 44.4 Å². The summed E-state index contributed by atoms with van der Waals surface area (Å²) in [6, 6.07) is 3.43. The lowest BCUT2D eigenvalue weighted by atomic mass is 10.0. The van der Waals surface area contributed by atoms with Crippen LogP contribution in [0.5, 0.6) is 5.88 Å². The van der Waals surface area contributed by atoms with Crippen LogP contribution in [0.15, 0.2) is 18.3 Å². The molecule has 10 heteroatoms. The van der Waals surface area contributed by atoms with Crippen molar-refractivity contribution in [2.24, 2.45) is 5.92 Å². The minimum atomic E-state index is -1.67. The van der Waals surface area contributed by atoms with Gasteiger partial charge in [0.1, 0.15) is 11.7 Å². The third kappa shape index (κ3) is 4.57. The average Bonchev–Trinajstić information content (AvgIpc) is 3.01. The van der Waals surface area contributed by atoms with Crippen LogP contribution in [-0.2, 0) is 0 Å². The summed E-state index contributed by atoms with van der Waals surface area (Å²) < 4.78 is 5.03. The summed E-state index contributed by atoms with van der Waals surface area (Å²) in [5.41, 5.74) is -0.784. The van der Waals surface area contributed by atoms with Crippen molar-refractivity contribution in [2.45, 2.75) is 24.7 Å². The van der Waals surface area contributed by atoms with Crippen LogP contribution in [0.1, 0.15) is 24.0 Å². The molecule has 3 atom stereocenters. The van der Waals surface area contributed by atoms with E-state index in [1.165, 1.54) is 7.11 Å². The second-order valence-corrected chi connectivity index (χ2v) is 7.61. The lowest BCUT2D eigenvalue weighted by Crippen LogP contribution is -2.48. The zero-order valence-electron chi connectivity index (χ0n) is 16.9. The van der Waals surface area contributed by atoms with Crippen molar-refractivity contribution < 1.29 is 20.1 Å². The van der Waals surface area contributed by atoms with Gasteiger partial charge in [-0.3, -0.25) is 0 Å². The van der Waals surface area contributed by atoms with Crippen molar-refractivity contribution in [3.05, 3.63) is 34.6 Å². The molecule has 160 valence electrons. The molecule has 0 aromatic carbocycles. The minimum absolute atomic E-state index is 0.0972. The largest absolute Gasteiger partial charge is 0.481 e. The van der Waals surface area contributed by atoms with Gasteiger partial charge in [-0.05, 0) is 18.9 Å². The first-order chi connectivity index (χ1) is 14.3. The van der Waals surface area contributed by atoms with Gasteiger partial charge in [-0.1, -0.05) is 23.4 Å². The molecule has 2 aromatic rings. The van der Waals surface area contributed by atoms with Gasteiger partial charge in [-0.15, -0.1) is 0 Å². The average molecular weight is 434 g/mol. The van der Waals surface area contributed by atoms with Gasteiger partial charge in [0.25, 0.3) is 0 Å². The van der Waals surface area contributed by atoms with Gasteiger partial charge in [0.15, 0.2) is 16.7 Å². The van der Waals surface area contributed by atoms with E-state index >= 15 is 0 Å². The Balaban J connectivity index is 2.00. The first-order valence-electron chi connectivity index (χ1n) is 9.34. The van der Waals surface area contributed by atoms with E-state index < -0.39 is 17.7 Å². The van der Waals surface area contributed by atoms with E-state index in [9.17, 15) is 15.3 Å². The van der Waals surface area contributed by atoms with Gasteiger partial charge in [-0.2, -0.15) is 9.97 Å². The zero-order valence-corrected chi connectivity index (χ0v) is 17.7. The lowest BCUT2D eigenvalue weighted by Gasteiger charge is -2.30. The highest BCUT2D eigenvalue weighted by Gasteiger charge is 2.47. The fourth-order valence-corrected chi connectivity index (χ4v) is 3.38. The van der Waals surface area contributed by atoms with Crippen LogP contribution < -0.4 is 15.0 Å². The molecule has 0 amide bonds. The minimum Gasteiger partial charge on any atom is -0.481 e. The van der Waals surface area contributed by atoms with E-state index in [-0.39, 0.29) is 29.6 Å². The van der Waals surface area contributed by atoms with Crippen molar-refractivity contribution in [3.63, 3.8) is 0 Å². The Hall–Kier alpha value is -2.64. The molecule has 0 radical (unpaired) electrons. The lowest BCUT2D eigenvalue weighted by molar-refractivity contribution is -0.0545. The number of pyridine rings is 1. The summed E-state index contributed by atoms with van der Waals surface area (Å²) in [6.45, 7) is -0.226. The first kappa shape index (κ1) is 22.1. The Labute approximate surface area is 179 Å². The number of aliphatic hydroxyl groups is 3. The molecule has 30 heavy (non-hydrogen) atoms. The van der Waals surface area contributed by atoms with Gasteiger partial charge >= 0.3 is 0 Å². The molecule has 0 aliphatic heterocycles. The van der Waals surface area contributed by atoms with E-state index in [4.69, 9.17) is 16.3 Å². The molecular formula is C20H24ClN5O4. The summed E-state index contributed by atoms with van der Waals surface area (Å²) in [7, 11) is 5.04. The Kier molecular flexibility index (Phi) is 6.63. The predicted molar refractivity (Wildman–Crippen MR) is 113 cm³/mol. The van der Waals surface area contributed by atoms with Gasteiger partial charge < -0.3 is 30.3 Å². The number of methoxy groups -OCH3 is 1. The molecule has 9 nitrogen and oxygen atoms in total. The maximum atomic E-state index is 10.9. The Morgan fingerprint density at radius 3 is 2.67 bits per heavy atom. The van der Waals surface area contributed by atoms with Gasteiger partial charge in [-0.25, -0.2) is 4.98 Å². The zero-order chi connectivity index (χ0) is 21.9. The molecular weight excluding hydrogens is 410 g/mol. The molecule has 0 spiro atoms. The van der Waals surface area contributed by atoms with E-state index in [1.54, 1.807) is 37.3 Å². The fourth-order valence-electron chi connectivity index (χ4n) is 3.17. The summed E-state index contributed by atoms with van der Waals surface area (Å²) in [5, 5.41) is 33.8. The number of hydrogen-bond donors (Lipinski definition) is 4. The summed E-state index contributed by atoms with van der Waals surface area (Å²) in [4.78, 5) is 14.4. The number of aliphatic hydroxyl groups excluding tert-OH is 2. The van der Waals surface area contributed by atoms with Crippen LogP contribution in [0.2, 0.25) is 5.15 Å². The fraction of sp³-hybridized carbons (Fsp3) is 0.450. The van der Waals surface area contributed by atoms with Crippen molar-refractivity contribution in [1.29, 1.82) is 0 Å². The van der Waals surface area contributed by atoms with E-state index in [0.717, 1.165) is 0 Å². The van der Waals surface area contributed by atoms with Crippen LogP contribution in [-0.4, -0.2) is 69.9 Å². The Morgan fingerprint density at radius 1 is 1.33 bits per heavy atom. The smallest absolute Gasteiger partial charge is 0.228 e. The Bertz CT molecular complexity index is 960. The highest BCUT2D eigenvalue weighted by molar-refractivity contribution is 6.31. The molecule has 3 unspecified atom stereocenters. The Morgan fingerprint density at radius 2 is 2.10 bits per heavy atom. The topological polar surface area (TPSA) is 124 Å². The van der Waals surface area contributed by atoms with Crippen LogP contribution in [0.25, 0.3) is 0 Å². The van der Waals surface area contributed by atoms with Crippen molar-refractivity contribution >= 4 is 23.4 Å². The summed E-state index contributed by atoms with van der Waals surface area (Å²) in [6.07, 6.45) is 1.07. The molecule has 2 heterocycles. The maximum absolute atomic E-state index is 10.9. The monoisotopic (exact) mass is 433 g/mol. The number of ether oxygens (including phenoxy) is 1. The molecule has 1 saturated carbocycles. The van der Waals surface area contributed by atoms with Gasteiger partial charge in [0.05, 0.1) is 7.11 Å². The predicted octanol–water partition coefficient (Wildman–Crippen LogP) is 0.863. The molecule has 0 bridgehead atoms. The van der Waals surface area contributed by atoms with Crippen molar-refractivity contribution in [2.75, 3.05) is 38.0 Å². The number of aromatic nitrogens is 3. The second-order valence-electron chi connectivity index (χ2n) is 7.25. The van der Waals surface area contributed by atoms with E-state index in [1.807, 2.05) is 0 Å². The van der Waals surface area contributed by atoms with Crippen LogP contribution in [0, 0.1) is 17.8 Å². The SMILES string of the molecule is COc1ccc(C#Cc2c(Cl)nc(N(C)C)nc2NC2(O)CCC(CO)C2O)cn1. The third-order valence-corrected chi connectivity index (χ3v) is 5.21. The number of hydrogen-bond acceptors (Lipinski definition) is 9. The highest BCUT2D eigenvalue weighted by Crippen LogP contribution is 2.36. The van der Waals surface area contributed by atoms with E-state index in [2.05, 4.69) is 32.1 Å². The summed E-state index contributed by atoms with van der Waals surface area (Å²) >= 11 is 6.38. The molecule has 3 rings (SSSR count). The van der Waals surface area contributed by atoms with Crippen molar-refractivity contribution in [3.8, 4) is 17.7 Å². The number of nitrogens with zero attached hydrogens (tertiary/aromatic N) is 4. The first-order valence-corrected chi connectivity index (χ1v) is 9.71. The van der Waals surface area contributed by atoms with Crippen LogP contribution >= 0.6 is 11.6 Å². The summed E-state index contributed by atoms with van der Waals surface area (Å²) in [5.74, 6) is 6.39. The molecule has 0 saturated heterocycles. The van der Waals surface area contributed by atoms with Gasteiger partial charge in [0.2, 0.25) is 11.8 Å². The third-order valence-electron chi connectivity index (χ3n) is 4.93. The molecule has 1 aliphatic carbocycles. The standard InChI is InChI=1S/C20H24ClN5O4/c1-26(2)19-23-17(21)14(6-4-12-5-7-15(30-3)22-10-12)18(24-19)25-20(29)9-8-13(11-27)16(20)28/h5,7,10,13,16,27-29H,8-9,11H2,1-3H3,(H,23,24,25). The number of nitrogens with one attached hydrogen (secondary N) is 1. The molecule has 1 aliphatic rings. The number of rotatable bonds is 5. The normalized spacial score (nSPS) is 22.9. The molecule has 1 fully saturated rings. The number of anilines is 2. The highest BCUT2D eigenvalue weighted by atomic mass is 35.5. The van der Waals surface area contributed by atoms with Crippen molar-refractivity contribution in [1.82, 2.24) is 15.0 Å². The maximum Gasteiger partial charge on any atom is 0.228 e. The molecule has 4 N–H and O–H groups in total. The van der Waals surface area contributed by atoms with Crippen LogP contribution in [0.3, 0.4) is 0 Å². The van der Waals surface area contributed by atoms with Crippen LogP contribution in [0.4, 0.5) is 11.8 Å². The number of halogens is 1. The van der Waals surface area contributed by atoms with E-state index in [0.29, 0.717) is 23.8 Å².